The molecule has 0 radical (unpaired) electrons. The van der Waals surface area contributed by atoms with E-state index in [-0.39, 0.29) is 24.9 Å². The van der Waals surface area contributed by atoms with Gasteiger partial charge in [-0.1, -0.05) is 17.7 Å². The van der Waals surface area contributed by atoms with Gasteiger partial charge in [0.25, 0.3) is 11.8 Å². The van der Waals surface area contributed by atoms with E-state index in [0.29, 0.717) is 11.4 Å². The number of ether oxygens (including phenoxy) is 1. The Hall–Kier alpha value is -2.86. The molecule has 0 saturated carbocycles. The first-order valence-electron chi connectivity index (χ1n) is 7.73. The number of hydrogen-bond acceptors (Lipinski definition) is 3. The van der Waals surface area contributed by atoms with E-state index in [9.17, 15) is 9.59 Å². The first kappa shape index (κ1) is 17.5. The summed E-state index contributed by atoms with van der Waals surface area (Å²) >= 11 is 0. The van der Waals surface area contributed by atoms with E-state index in [1.165, 1.54) is 5.56 Å². The SMILES string of the molecule is CNC(=O)C[NH2+]CC(=O)Nc1ccc(Oc2ccc(C)cc2)cc1. The van der Waals surface area contributed by atoms with Crippen molar-refractivity contribution in [1.82, 2.24) is 5.32 Å². The van der Waals surface area contributed by atoms with Crippen LogP contribution in [0.25, 0.3) is 0 Å². The van der Waals surface area contributed by atoms with Crippen LogP contribution in [0.1, 0.15) is 5.56 Å². The molecule has 0 saturated heterocycles. The lowest BCUT2D eigenvalue weighted by Gasteiger charge is -2.08. The van der Waals surface area contributed by atoms with Crippen LogP contribution in [0, 0.1) is 6.92 Å². The smallest absolute Gasteiger partial charge is 0.279 e. The van der Waals surface area contributed by atoms with Crippen molar-refractivity contribution in [2.45, 2.75) is 6.92 Å². The molecule has 0 spiro atoms. The van der Waals surface area contributed by atoms with E-state index in [1.807, 2.05) is 31.2 Å². The highest BCUT2D eigenvalue weighted by Crippen LogP contribution is 2.23. The third-order valence-electron chi connectivity index (χ3n) is 3.33. The number of aryl methyl sites for hydroxylation is 1. The minimum absolute atomic E-state index is 0.111. The molecule has 0 aliphatic rings. The number of amides is 2. The average Bonchev–Trinajstić information content (AvgIpc) is 2.58. The molecule has 0 fully saturated rings. The number of benzene rings is 2. The second kappa shape index (κ2) is 8.69. The van der Waals surface area contributed by atoms with Crippen LogP contribution in [0.4, 0.5) is 5.69 Å². The lowest BCUT2D eigenvalue weighted by atomic mass is 10.2. The van der Waals surface area contributed by atoms with Crippen molar-refractivity contribution >= 4 is 17.5 Å². The molecule has 0 bridgehead atoms. The summed E-state index contributed by atoms with van der Waals surface area (Å²) in [4.78, 5) is 22.9. The molecule has 0 aromatic heterocycles. The van der Waals surface area contributed by atoms with Gasteiger partial charge in [-0.25, -0.2) is 0 Å². The maximum atomic E-state index is 11.8. The summed E-state index contributed by atoms with van der Waals surface area (Å²) in [6.07, 6.45) is 0. The highest BCUT2D eigenvalue weighted by molar-refractivity contribution is 5.91. The number of quaternary nitrogens is 1. The van der Waals surface area contributed by atoms with Crippen LogP contribution >= 0.6 is 0 Å². The second-order valence-corrected chi connectivity index (χ2v) is 5.36. The van der Waals surface area contributed by atoms with Gasteiger partial charge in [-0.3, -0.25) is 9.59 Å². The van der Waals surface area contributed by atoms with Crippen molar-refractivity contribution in [3.8, 4) is 11.5 Å². The molecule has 0 unspecified atom stereocenters. The summed E-state index contributed by atoms with van der Waals surface area (Å²) < 4.78 is 5.73. The van der Waals surface area contributed by atoms with Crippen LogP contribution in [0.5, 0.6) is 11.5 Å². The van der Waals surface area contributed by atoms with Crippen LogP contribution < -0.4 is 20.7 Å². The molecule has 4 N–H and O–H groups in total. The molecule has 126 valence electrons. The normalized spacial score (nSPS) is 10.1. The van der Waals surface area contributed by atoms with Crippen LogP contribution in [0.3, 0.4) is 0 Å². The molecule has 2 aromatic carbocycles. The van der Waals surface area contributed by atoms with E-state index in [0.717, 1.165) is 5.75 Å². The summed E-state index contributed by atoms with van der Waals surface area (Å²) in [6, 6.07) is 14.9. The van der Waals surface area contributed by atoms with Gasteiger partial charge < -0.3 is 20.7 Å². The van der Waals surface area contributed by atoms with Gasteiger partial charge in [0.15, 0.2) is 13.1 Å². The third-order valence-corrected chi connectivity index (χ3v) is 3.33. The molecule has 0 aliphatic heterocycles. The van der Waals surface area contributed by atoms with E-state index in [1.54, 1.807) is 36.6 Å². The molecular formula is C18H22N3O3+. The highest BCUT2D eigenvalue weighted by Gasteiger charge is 2.07. The Kier molecular flexibility index (Phi) is 6.33. The first-order valence-corrected chi connectivity index (χ1v) is 7.73. The maximum Gasteiger partial charge on any atom is 0.279 e. The van der Waals surface area contributed by atoms with E-state index >= 15 is 0 Å². The first-order chi connectivity index (χ1) is 11.6. The average molecular weight is 328 g/mol. The Labute approximate surface area is 141 Å². The standard InChI is InChI=1S/C18H21N3O3/c1-13-3-7-15(8-4-13)24-16-9-5-14(6-10-16)21-18(23)12-20-11-17(22)19-2/h3-10,20H,11-12H2,1-2H3,(H,19,22)(H,21,23)/p+1. The molecule has 24 heavy (non-hydrogen) atoms. The molecule has 2 rings (SSSR count). The van der Waals surface area contributed by atoms with Crippen molar-refractivity contribution < 1.29 is 19.6 Å². The van der Waals surface area contributed by atoms with Crippen LogP contribution in [-0.2, 0) is 9.59 Å². The Morgan fingerprint density at radius 1 is 0.917 bits per heavy atom. The lowest BCUT2D eigenvalue weighted by Crippen LogP contribution is -2.88. The molecule has 0 aliphatic carbocycles. The Balaban J connectivity index is 1.82. The van der Waals surface area contributed by atoms with Gasteiger partial charge in [0.05, 0.1) is 0 Å². The van der Waals surface area contributed by atoms with Crippen molar-refractivity contribution in [3.63, 3.8) is 0 Å². The van der Waals surface area contributed by atoms with Gasteiger partial charge in [0, 0.05) is 12.7 Å². The van der Waals surface area contributed by atoms with Crippen LogP contribution in [0.15, 0.2) is 48.5 Å². The fourth-order valence-corrected chi connectivity index (χ4v) is 2.00. The highest BCUT2D eigenvalue weighted by atomic mass is 16.5. The van der Waals surface area contributed by atoms with Crippen LogP contribution in [-0.4, -0.2) is 32.0 Å². The number of likely N-dealkylation sites (N-methyl/N-ethyl adjacent to an activating group) is 1. The molecule has 0 atom stereocenters. The number of hydrogen-bond donors (Lipinski definition) is 3. The minimum atomic E-state index is -0.161. The summed E-state index contributed by atoms with van der Waals surface area (Å²) in [5, 5.41) is 6.92. The number of nitrogens with two attached hydrogens (primary N) is 1. The van der Waals surface area contributed by atoms with Gasteiger partial charge in [-0.2, -0.15) is 0 Å². The topological polar surface area (TPSA) is 84.0 Å². The predicted molar refractivity (Wildman–Crippen MR) is 92.1 cm³/mol. The van der Waals surface area contributed by atoms with Crippen molar-refractivity contribution in [3.05, 3.63) is 54.1 Å². The van der Waals surface area contributed by atoms with Gasteiger partial charge in [0.1, 0.15) is 11.5 Å². The molecule has 2 amide bonds. The second-order valence-electron chi connectivity index (χ2n) is 5.36. The summed E-state index contributed by atoms with van der Waals surface area (Å²) in [7, 11) is 1.57. The Bertz CT molecular complexity index is 682. The number of rotatable bonds is 7. The number of anilines is 1. The third kappa shape index (κ3) is 5.73. The zero-order chi connectivity index (χ0) is 17.4. The van der Waals surface area contributed by atoms with Crippen LogP contribution in [0.2, 0.25) is 0 Å². The largest absolute Gasteiger partial charge is 0.457 e. The van der Waals surface area contributed by atoms with Gasteiger partial charge >= 0.3 is 0 Å². The van der Waals surface area contributed by atoms with E-state index < -0.39 is 0 Å². The quantitative estimate of drug-likeness (QED) is 0.710. The zero-order valence-electron chi connectivity index (χ0n) is 13.8. The fraction of sp³-hybridized carbons (Fsp3) is 0.222. The summed E-state index contributed by atoms with van der Waals surface area (Å²) in [5.41, 5.74) is 1.86. The minimum Gasteiger partial charge on any atom is -0.457 e. The van der Waals surface area contributed by atoms with Gasteiger partial charge in [0.2, 0.25) is 0 Å². The fourth-order valence-electron chi connectivity index (χ4n) is 2.00. The molecule has 0 heterocycles. The zero-order valence-corrected chi connectivity index (χ0v) is 13.8. The predicted octanol–water partition coefficient (Wildman–Crippen LogP) is 1.04. The van der Waals surface area contributed by atoms with Crippen molar-refractivity contribution in [2.24, 2.45) is 0 Å². The number of carbonyl (C=O) groups excluding carboxylic acids is 2. The van der Waals surface area contributed by atoms with Gasteiger partial charge in [-0.15, -0.1) is 0 Å². The van der Waals surface area contributed by atoms with Crippen molar-refractivity contribution in [2.75, 3.05) is 25.5 Å². The Morgan fingerprint density at radius 2 is 1.46 bits per heavy atom. The van der Waals surface area contributed by atoms with E-state index in [2.05, 4.69) is 10.6 Å². The molecule has 6 heteroatoms. The summed E-state index contributed by atoms with van der Waals surface area (Å²) in [6.45, 7) is 2.44. The lowest BCUT2D eigenvalue weighted by molar-refractivity contribution is -0.632. The van der Waals surface area contributed by atoms with Crippen molar-refractivity contribution in [1.29, 1.82) is 0 Å². The molecule has 2 aromatic rings. The molecular weight excluding hydrogens is 306 g/mol. The number of nitrogens with one attached hydrogen (secondary N) is 2. The maximum absolute atomic E-state index is 11.8. The Morgan fingerprint density at radius 3 is 2.04 bits per heavy atom. The molecule has 6 nitrogen and oxygen atoms in total. The van der Waals surface area contributed by atoms with E-state index in [4.69, 9.17) is 4.74 Å². The monoisotopic (exact) mass is 328 g/mol. The van der Waals surface area contributed by atoms with Gasteiger partial charge in [-0.05, 0) is 43.3 Å². The summed E-state index contributed by atoms with van der Waals surface area (Å²) in [5.74, 6) is 1.19. The number of carbonyl (C=O) groups is 2.